The van der Waals surface area contributed by atoms with E-state index in [1.54, 1.807) is 0 Å². The standard InChI is InChI=1S/C11H10F2N2O/c12-7-1-2-9(13)10(5-7)15-8-3-4-14-11(16)6-8/h1-2,5-6,15H,3-4H2,(H,14,16). The Morgan fingerprint density at radius 3 is 2.88 bits per heavy atom. The lowest BCUT2D eigenvalue weighted by Crippen LogP contribution is -2.28. The van der Waals surface area contributed by atoms with E-state index in [-0.39, 0.29) is 11.6 Å². The molecule has 0 radical (unpaired) electrons. The lowest BCUT2D eigenvalue weighted by molar-refractivity contribution is -0.116. The van der Waals surface area contributed by atoms with Crippen LogP contribution in [0.25, 0.3) is 0 Å². The van der Waals surface area contributed by atoms with Gasteiger partial charge in [0.2, 0.25) is 5.91 Å². The molecular formula is C11H10F2N2O. The zero-order chi connectivity index (χ0) is 11.5. The molecule has 0 atom stereocenters. The zero-order valence-electron chi connectivity index (χ0n) is 8.39. The first-order valence-corrected chi connectivity index (χ1v) is 4.85. The molecule has 2 N–H and O–H groups in total. The minimum Gasteiger partial charge on any atom is -0.356 e. The minimum atomic E-state index is -0.548. The summed E-state index contributed by atoms with van der Waals surface area (Å²) in [6.07, 6.45) is 1.91. The molecule has 0 saturated heterocycles. The predicted molar refractivity (Wildman–Crippen MR) is 55.7 cm³/mol. The second-order valence-electron chi connectivity index (χ2n) is 3.46. The fourth-order valence-corrected chi connectivity index (χ4v) is 1.47. The molecule has 1 amide bonds. The van der Waals surface area contributed by atoms with Crippen LogP contribution in [0.3, 0.4) is 0 Å². The molecule has 0 aromatic heterocycles. The highest BCUT2D eigenvalue weighted by atomic mass is 19.1. The molecule has 0 unspecified atom stereocenters. The number of carbonyl (C=O) groups excluding carboxylic acids is 1. The Bertz CT molecular complexity index is 457. The van der Waals surface area contributed by atoms with Crippen LogP contribution in [0.2, 0.25) is 0 Å². The maximum absolute atomic E-state index is 13.3. The first-order valence-electron chi connectivity index (χ1n) is 4.85. The number of hydrogen-bond acceptors (Lipinski definition) is 2. The van der Waals surface area contributed by atoms with Gasteiger partial charge in [-0.15, -0.1) is 0 Å². The average Bonchev–Trinajstić information content (AvgIpc) is 2.24. The third kappa shape index (κ3) is 2.36. The third-order valence-electron chi connectivity index (χ3n) is 2.22. The molecular weight excluding hydrogens is 214 g/mol. The van der Waals surface area contributed by atoms with Gasteiger partial charge in [0, 0.05) is 30.8 Å². The highest BCUT2D eigenvalue weighted by molar-refractivity contribution is 5.89. The van der Waals surface area contributed by atoms with Crippen molar-refractivity contribution >= 4 is 11.6 Å². The molecule has 2 rings (SSSR count). The molecule has 0 saturated carbocycles. The normalized spacial score (nSPS) is 15.4. The molecule has 0 spiro atoms. The van der Waals surface area contributed by atoms with Crippen LogP contribution < -0.4 is 10.6 Å². The molecule has 84 valence electrons. The van der Waals surface area contributed by atoms with Crippen molar-refractivity contribution in [2.24, 2.45) is 0 Å². The van der Waals surface area contributed by atoms with Gasteiger partial charge in [-0.3, -0.25) is 4.79 Å². The molecule has 0 fully saturated rings. The van der Waals surface area contributed by atoms with Crippen LogP contribution in [0.4, 0.5) is 14.5 Å². The van der Waals surface area contributed by atoms with Gasteiger partial charge in [-0.2, -0.15) is 0 Å². The van der Waals surface area contributed by atoms with E-state index in [2.05, 4.69) is 10.6 Å². The zero-order valence-corrected chi connectivity index (χ0v) is 8.39. The van der Waals surface area contributed by atoms with Crippen LogP contribution in [0.1, 0.15) is 6.42 Å². The molecule has 5 heteroatoms. The van der Waals surface area contributed by atoms with Crippen molar-refractivity contribution in [1.29, 1.82) is 0 Å². The number of nitrogens with one attached hydrogen (secondary N) is 2. The third-order valence-corrected chi connectivity index (χ3v) is 2.22. The topological polar surface area (TPSA) is 41.1 Å². The highest BCUT2D eigenvalue weighted by Crippen LogP contribution is 2.18. The molecule has 1 aromatic rings. The van der Waals surface area contributed by atoms with Gasteiger partial charge in [0.25, 0.3) is 0 Å². The summed E-state index contributed by atoms with van der Waals surface area (Å²) in [7, 11) is 0. The van der Waals surface area contributed by atoms with E-state index in [1.165, 1.54) is 6.08 Å². The van der Waals surface area contributed by atoms with Crippen LogP contribution >= 0.6 is 0 Å². The van der Waals surface area contributed by atoms with E-state index in [1.807, 2.05) is 0 Å². The van der Waals surface area contributed by atoms with Gasteiger partial charge >= 0.3 is 0 Å². The lowest BCUT2D eigenvalue weighted by atomic mass is 10.2. The van der Waals surface area contributed by atoms with Crippen molar-refractivity contribution in [1.82, 2.24) is 5.32 Å². The summed E-state index contributed by atoms with van der Waals surface area (Å²) in [5.74, 6) is -1.30. The number of carbonyl (C=O) groups is 1. The summed E-state index contributed by atoms with van der Waals surface area (Å²) in [6.45, 7) is 0.495. The van der Waals surface area contributed by atoms with Gasteiger partial charge in [-0.05, 0) is 12.1 Å². The average molecular weight is 224 g/mol. The van der Waals surface area contributed by atoms with E-state index >= 15 is 0 Å². The molecule has 1 aliphatic rings. The smallest absolute Gasteiger partial charge is 0.245 e. The largest absolute Gasteiger partial charge is 0.356 e. The van der Waals surface area contributed by atoms with Crippen molar-refractivity contribution in [2.75, 3.05) is 11.9 Å². The van der Waals surface area contributed by atoms with Crippen molar-refractivity contribution in [3.63, 3.8) is 0 Å². The number of hydrogen-bond donors (Lipinski definition) is 2. The molecule has 16 heavy (non-hydrogen) atoms. The fraction of sp³-hybridized carbons (Fsp3) is 0.182. The van der Waals surface area contributed by atoms with Crippen LogP contribution in [-0.4, -0.2) is 12.5 Å². The monoisotopic (exact) mass is 224 g/mol. The SMILES string of the molecule is O=C1C=C(Nc2cc(F)ccc2F)CCN1. The van der Waals surface area contributed by atoms with Crippen LogP contribution in [0, 0.1) is 11.6 Å². The number of rotatable bonds is 2. The summed E-state index contributed by atoms with van der Waals surface area (Å²) < 4.78 is 26.1. The minimum absolute atomic E-state index is 0.0425. The summed E-state index contributed by atoms with van der Waals surface area (Å²) in [5.41, 5.74) is 0.620. The van der Waals surface area contributed by atoms with Crippen molar-refractivity contribution in [3.05, 3.63) is 41.6 Å². The van der Waals surface area contributed by atoms with Gasteiger partial charge in [0.05, 0.1) is 5.69 Å². The van der Waals surface area contributed by atoms with Gasteiger partial charge in [-0.1, -0.05) is 0 Å². The number of anilines is 1. The van der Waals surface area contributed by atoms with Crippen LogP contribution in [0.5, 0.6) is 0 Å². The summed E-state index contributed by atoms with van der Waals surface area (Å²) in [5, 5.41) is 5.31. The number of amides is 1. The Hall–Kier alpha value is -1.91. The first kappa shape index (κ1) is 10.6. The number of benzene rings is 1. The first-order chi connectivity index (χ1) is 7.65. The Morgan fingerprint density at radius 2 is 2.12 bits per heavy atom. The van der Waals surface area contributed by atoms with E-state index in [0.29, 0.717) is 18.7 Å². The molecule has 1 aliphatic heterocycles. The second kappa shape index (κ2) is 4.30. The van der Waals surface area contributed by atoms with Gasteiger partial charge < -0.3 is 10.6 Å². The van der Waals surface area contributed by atoms with E-state index in [9.17, 15) is 13.6 Å². The van der Waals surface area contributed by atoms with E-state index < -0.39 is 11.6 Å². The van der Waals surface area contributed by atoms with Crippen molar-refractivity contribution < 1.29 is 13.6 Å². The fourth-order valence-electron chi connectivity index (χ4n) is 1.47. The van der Waals surface area contributed by atoms with Gasteiger partial charge in [0.15, 0.2) is 0 Å². The number of halogens is 2. The Labute approximate surface area is 91.2 Å². The van der Waals surface area contributed by atoms with Crippen molar-refractivity contribution in [2.45, 2.75) is 6.42 Å². The predicted octanol–water partition coefficient (Wildman–Crippen LogP) is 1.78. The molecule has 1 aromatic carbocycles. The summed E-state index contributed by atoms with van der Waals surface area (Å²) >= 11 is 0. The summed E-state index contributed by atoms with van der Waals surface area (Å²) in [4.78, 5) is 11.0. The van der Waals surface area contributed by atoms with Gasteiger partial charge in [-0.25, -0.2) is 8.78 Å². The summed E-state index contributed by atoms with van der Waals surface area (Å²) in [6, 6.07) is 3.15. The van der Waals surface area contributed by atoms with Crippen molar-refractivity contribution in [3.8, 4) is 0 Å². The van der Waals surface area contributed by atoms with E-state index in [0.717, 1.165) is 18.2 Å². The maximum atomic E-state index is 13.3. The van der Waals surface area contributed by atoms with Gasteiger partial charge in [0.1, 0.15) is 11.6 Å². The molecule has 0 aliphatic carbocycles. The Balaban J connectivity index is 2.20. The second-order valence-corrected chi connectivity index (χ2v) is 3.46. The maximum Gasteiger partial charge on any atom is 0.245 e. The molecule has 3 nitrogen and oxygen atoms in total. The molecule has 0 bridgehead atoms. The van der Waals surface area contributed by atoms with Crippen LogP contribution in [-0.2, 0) is 4.79 Å². The van der Waals surface area contributed by atoms with E-state index in [4.69, 9.17) is 0 Å². The quantitative estimate of drug-likeness (QED) is 0.804. The van der Waals surface area contributed by atoms with Crippen LogP contribution in [0.15, 0.2) is 30.0 Å². The Morgan fingerprint density at radius 1 is 1.31 bits per heavy atom. The lowest BCUT2D eigenvalue weighted by Gasteiger charge is -2.16. The highest BCUT2D eigenvalue weighted by Gasteiger charge is 2.11. The Kier molecular flexibility index (Phi) is 2.85. The molecule has 1 heterocycles.